The molecule has 0 aromatic heterocycles. The van der Waals surface area contributed by atoms with Crippen LogP contribution in [0.2, 0.25) is 0 Å². The van der Waals surface area contributed by atoms with Gasteiger partial charge >= 0.3 is 6.18 Å². The van der Waals surface area contributed by atoms with E-state index in [-0.39, 0.29) is 12.0 Å². The standard InChI is InChI=1S/C18H16BrF3N2O3/c19-13-4-2-1-3-11(13)9-14(16(23)26)24-17(27)15(25)10-5-7-12(8-6-10)18(20,21)22/h1-8,14-15,25H,9H2,(H2,23,26)(H,24,27)/t14-,15-/m0/s1. The number of primary amides is 1. The first kappa shape index (κ1) is 20.9. The van der Waals surface area contributed by atoms with E-state index >= 15 is 0 Å². The van der Waals surface area contributed by atoms with Gasteiger partial charge in [-0.05, 0) is 29.3 Å². The lowest BCUT2D eigenvalue weighted by atomic mass is 10.0. The van der Waals surface area contributed by atoms with Crippen LogP contribution >= 0.6 is 15.9 Å². The highest BCUT2D eigenvalue weighted by Crippen LogP contribution is 2.30. The molecule has 27 heavy (non-hydrogen) atoms. The number of aliphatic hydroxyl groups is 1. The minimum atomic E-state index is -4.52. The van der Waals surface area contributed by atoms with Crippen LogP contribution in [0.25, 0.3) is 0 Å². The minimum Gasteiger partial charge on any atom is -0.378 e. The van der Waals surface area contributed by atoms with Crippen LogP contribution in [0.4, 0.5) is 13.2 Å². The molecule has 9 heteroatoms. The highest BCUT2D eigenvalue weighted by Gasteiger charge is 2.31. The molecule has 144 valence electrons. The van der Waals surface area contributed by atoms with Gasteiger partial charge in [-0.15, -0.1) is 0 Å². The fourth-order valence-electron chi connectivity index (χ4n) is 2.36. The van der Waals surface area contributed by atoms with Crippen molar-refractivity contribution in [2.75, 3.05) is 0 Å². The summed E-state index contributed by atoms with van der Waals surface area (Å²) in [5.74, 6) is -1.75. The summed E-state index contributed by atoms with van der Waals surface area (Å²) in [6.07, 6.45) is -6.18. The average molecular weight is 445 g/mol. The van der Waals surface area contributed by atoms with Gasteiger partial charge in [0.1, 0.15) is 6.04 Å². The molecule has 2 aromatic carbocycles. The van der Waals surface area contributed by atoms with E-state index in [0.29, 0.717) is 10.0 Å². The number of benzene rings is 2. The maximum Gasteiger partial charge on any atom is 0.416 e. The van der Waals surface area contributed by atoms with E-state index in [1.807, 2.05) is 0 Å². The maximum absolute atomic E-state index is 12.6. The number of rotatable bonds is 6. The van der Waals surface area contributed by atoms with Crippen LogP contribution in [0.5, 0.6) is 0 Å². The van der Waals surface area contributed by atoms with Crippen molar-refractivity contribution in [2.45, 2.75) is 24.7 Å². The van der Waals surface area contributed by atoms with Crippen molar-refractivity contribution >= 4 is 27.7 Å². The molecule has 0 unspecified atom stereocenters. The number of halogens is 4. The van der Waals surface area contributed by atoms with E-state index in [4.69, 9.17) is 5.73 Å². The zero-order valence-corrected chi connectivity index (χ0v) is 15.4. The van der Waals surface area contributed by atoms with Crippen molar-refractivity contribution in [3.63, 3.8) is 0 Å². The minimum absolute atomic E-state index is 0.0374. The molecule has 0 aliphatic rings. The molecule has 0 spiro atoms. The topological polar surface area (TPSA) is 92.4 Å². The van der Waals surface area contributed by atoms with E-state index < -0.39 is 35.7 Å². The Balaban J connectivity index is 2.10. The van der Waals surface area contributed by atoms with Crippen molar-refractivity contribution < 1.29 is 27.9 Å². The number of carbonyl (C=O) groups is 2. The Kier molecular flexibility index (Phi) is 6.61. The molecular weight excluding hydrogens is 429 g/mol. The highest BCUT2D eigenvalue weighted by molar-refractivity contribution is 9.10. The number of carbonyl (C=O) groups excluding carboxylic acids is 2. The number of nitrogens with two attached hydrogens (primary N) is 1. The van der Waals surface area contributed by atoms with Gasteiger partial charge in [0.05, 0.1) is 5.56 Å². The van der Waals surface area contributed by atoms with E-state index in [1.165, 1.54) is 0 Å². The smallest absolute Gasteiger partial charge is 0.378 e. The number of aliphatic hydroxyl groups excluding tert-OH is 1. The van der Waals surface area contributed by atoms with Gasteiger partial charge < -0.3 is 16.2 Å². The molecule has 0 aliphatic carbocycles. The second-order valence-electron chi connectivity index (χ2n) is 5.78. The maximum atomic E-state index is 12.6. The van der Waals surface area contributed by atoms with Crippen molar-refractivity contribution in [2.24, 2.45) is 5.73 Å². The molecule has 2 rings (SSSR count). The summed E-state index contributed by atoms with van der Waals surface area (Å²) in [5, 5.41) is 12.4. The Hall–Kier alpha value is -2.39. The molecule has 2 amide bonds. The monoisotopic (exact) mass is 444 g/mol. The van der Waals surface area contributed by atoms with Crippen LogP contribution in [-0.4, -0.2) is 23.0 Å². The average Bonchev–Trinajstić information content (AvgIpc) is 2.61. The summed E-state index contributed by atoms with van der Waals surface area (Å²) in [6, 6.07) is 9.44. The summed E-state index contributed by atoms with van der Waals surface area (Å²) >= 11 is 3.32. The van der Waals surface area contributed by atoms with Crippen LogP contribution in [0.15, 0.2) is 53.0 Å². The van der Waals surface area contributed by atoms with Gasteiger partial charge in [0.2, 0.25) is 5.91 Å². The lowest BCUT2D eigenvalue weighted by Crippen LogP contribution is -2.47. The Morgan fingerprint density at radius 3 is 2.22 bits per heavy atom. The van der Waals surface area contributed by atoms with Gasteiger partial charge in [0, 0.05) is 10.9 Å². The van der Waals surface area contributed by atoms with E-state index in [2.05, 4.69) is 21.2 Å². The molecule has 0 saturated heterocycles. The molecule has 0 aliphatic heterocycles. The fraction of sp³-hybridized carbons (Fsp3) is 0.222. The van der Waals surface area contributed by atoms with Crippen LogP contribution in [0.3, 0.4) is 0 Å². The Morgan fingerprint density at radius 2 is 1.70 bits per heavy atom. The zero-order valence-electron chi connectivity index (χ0n) is 13.8. The summed E-state index contributed by atoms with van der Waals surface area (Å²) < 4.78 is 38.5. The van der Waals surface area contributed by atoms with E-state index in [9.17, 15) is 27.9 Å². The summed E-state index contributed by atoms with van der Waals surface area (Å²) in [5.41, 5.74) is 5.09. The molecule has 0 radical (unpaired) electrons. The second kappa shape index (κ2) is 8.53. The third-order valence-corrected chi connectivity index (χ3v) is 4.62. The number of hydrogen-bond acceptors (Lipinski definition) is 3. The van der Waals surface area contributed by atoms with Crippen molar-refractivity contribution in [1.29, 1.82) is 0 Å². The van der Waals surface area contributed by atoms with Crippen LogP contribution in [-0.2, 0) is 22.2 Å². The molecule has 0 fully saturated rings. The Morgan fingerprint density at radius 1 is 1.11 bits per heavy atom. The summed E-state index contributed by atoms with van der Waals surface area (Å²) in [4.78, 5) is 23.9. The predicted octanol–water partition coefficient (Wildman–Crippen LogP) is 2.71. The SMILES string of the molecule is NC(=O)[C@H](Cc1ccccc1Br)NC(=O)[C@@H](O)c1ccc(C(F)(F)F)cc1. The lowest BCUT2D eigenvalue weighted by molar-refractivity contribution is -0.137. The molecule has 2 atom stereocenters. The molecular formula is C18H16BrF3N2O3. The molecule has 0 saturated carbocycles. The van der Waals surface area contributed by atoms with E-state index in [0.717, 1.165) is 24.3 Å². The number of nitrogens with one attached hydrogen (secondary N) is 1. The zero-order chi connectivity index (χ0) is 20.2. The number of alkyl halides is 3. The normalized spacial score (nSPS) is 13.7. The van der Waals surface area contributed by atoms with Gasteiger partial charge in [-0.1, -0.05) is 46.3 Å². The van der Waals surface area contributed by atoms with Gasteiger partial charge in [-0.3, -0.25) is 9.59 Å². The van der Waals surface area contributed by atoms with Gasteiger partial charge in [0.15, 0.2) is 6.10 Å². The van der Waals surface area contributed by atoms with E-state index in [1.54, 1.807) is 24.3 Å². The third-order valence-electron chi connectivity index (χ3n) is 3.84. The van der Waals surface area contributed by atoms with Crippen molar-refractivity contribution in [3.8, 4) is 0 Å². The van der Waals surface area contributed by atoms with Crippen LogP contribution in [0.1, 0.15) is 22.8 Å². The lowest BCUT2D eigenvalue weighted by Gasteiger charge is -2.19. The van der Waals surface area contributed by atoms with Crippen LogP contribution < -0.4 is 11.1 Å². The Labute approximate surface area is 161 Å². The predicted molar refractivity (Wildman–Crippen MR) is 95.4 cm³/mol. The fourth-order valence-corrected chi connectivity index (χ4v) is 2.81. The van der Waals surface area contributed by atoms with Crippen LogP contribution in [0, 0.1) is 0 Å². The molecule has 5 nitrogen and oxygen atoms in total. The largest absolute Gasteiger partial charge is 0.416 e. The first-order chi connectivity index (χ1) is 12.6. The molecule has 0 bridgehead atoms. The molecule has 2 aromatic rings. The summed E-state index contributed by atoms with van der Waals surface area (Å²) in [7, 11) is 0. The molecule has 0 heterocycles. The third kappa shape index (κ3) is 5.54. The van der Waals surface area contributed by atoms with Gasteiger partial charge in [-0.2, -0.15) is 13.2 Å². The van der Waals surface area contributed by atoms with Gasteiger partial charge in [0.25, 0.3) is 5.91 Å². The Bertz CT molecular complexity index is 825. The number of hydrogen-bond donors (Lipinski definition) is 3. The first-order valence-corrected chi connectivity index (χ1v) is 8.57. The first-order valence-electron chi connectivity index (χ1n) is 7.78. The summed E-state index contributed by atoms with van der Waals surface area (Å²) in [6.45, 7) is 0. The molecule has 4 N–H and O–H groups in total. The quantitative estimate of drug-likeness (QED) is 0.639. The number of amides is 2. The highest BCUT2D eigenvalue weighted by atomic mass is 79.9. The van der Waals surface area contributed by atoms with Crippen molar-refractivity contribution in [3.05, 3.63) is 69.7 Å². The van der Waals surface area contributed by atoms with Gasteiger partial charge in [-0.25, -0.2) is 0 Å². The second-order valence-corrected chi connectivity index (χ2v) is 6.64. The van der Waals surface area contributed by atoms with Crippen molar-refractivity contribution in [1.82, 2.24) is 5.32 Å².